The van der Waals surface area contributed by atoms with Gasteiger partial charge in [0.1, 0.15) is 23.2 Å². The number of methoxy groups -OCH3 is 2. The van der Waals surface area contributed by atoms with E-state index in [2.05, 4.69) is 22.0 Å². The second-order valence-corrected chi connectivity index (χ2v) is 9.33. The lowest BCUT2D eigenvalue weighted by molar-refractivity contribution is -0.138. The zero-order chi connectivity index (χ0) is 25.2. The molecule has 0 bridgehead atoms. The number of carbonyl (C=O) groups excluding carboxylic acids is 3. The minimum atomic E-state index is -0.957. The minimum Gasteiger partial charge on any atom is -0.496 e. The number of rotatable bonds is 4. The van der Waals surface area contributed by atoms with Gasteiger partial charge in [-0.05, 0) is 43.4 Å². The molecule has 1 amide bonds. The normalized spacial score (nSPS) is 17.7. The summed E-state index contributed by atoms with van der Waals surface area (Å²) in [4.78, 5) is 41.2. The van der Waals surface area contributed by atoms with E-state index in [1.807, 2.05) is 0 Å². The summed E-state index contributed by atoms with van der Waals surface area (Å²) < 4.78 is 10.5. The van der Waals surface area contributed by atoms with Crippen LogP contribution >= 0.6 is 11.6 Å². The van der Waals surface area contributed by atoms with E-state index in [4.69, 9.17) is 21.1 Å². The molecule has 8 nitrogen and oxygen atoms in total. The molecule has 1 aromatic carbocycles. The first-order chi connectivity index (χ1) is 16.8. The molecule has 2 fully saturated rings. The van der Waals surface area contributed by atoms with Crippen LogP contribution in [0, 0.1) is 17.3 Å². The number of hydrogen-bond acceptors (Lipinski definition) is 7. The van der Waals surface area contributed by atoms with Crippen LogP contribution in [-0.4, -0.2) is 59.9 Å². The third-order valence-corrected chi connectivity index (χ3v) is 7.10. The maximum Gasteiger partial charge on any atom is 0.274 e. The zero-order valence-electron chi connectivity index (χ0n) is 19.9. The van der Waals surface area contributed by atoms with Gasteiger partial charge in [0.25, 0.3) is 5.91 Å². The molecule has 0 radical (unpaired) electrons. The summed E-state index contributed by atoms with van der Waals surface area (Å²) in [6.45, 7) is 2.59. The molecule has 182 valence electrons. The van der Waals surface area contributed by atoms with Crippen molar-refractivity contribution in [2.24, 2.45) is 5.41 Å². The quantitative estimate of drug-likeness (QED) is 0.473. The number of ketones is 2. The second kappa shape index (κ2) is 10.0. The van der Waals surface area contributed by atoms with Gasteiger partial charge < -0.3 is 14.4 Å². The largest absolute Gasteiger partial charge is 0.496 e. The van der Waals surface area contributed by atoms with Gasteiger partial charge in [-0.15, -0.1) is 16.1 Å². The van der Waals surface area contributed by atoms with Crippen LogP contribution in [0.4, 0.5) is 0 Å². The van der Waals surface area contributed by atoms with Crippen molar-refractivity contribution in [1.82, 2.24) is 15.1 Å². The fraction of sp³-hybridized carbons (Fsp3) is 0.423. The Morgan fingerprint density at radius 1 is 1.09 bits per heavy atom. The first kappa shape index (κ1) is 24.7. The summed E-state index contributed by atoms with van der Waals surface area (Å²) in [6.07, 6.45) is 1.62. The Morgan fingerprint density at radius 2 is 1.77 bits per heavy atom. The van der Waals surface area contributed by atoms with Gasteiger partial charge in [-0.1, -0.05) is 17.5 Å². The average Bonchev–Trinajstić information content (AvgIpc) is 2.85. The van der Waals surface area contributed by atoms with E-state index >= 15 is 0 Å². The molecule has 2 heterocycles. The molecule has 1 aliphatic carbocycles. The van der Waals surface area contributed by atoms with Crippen molar-refractivity contribution in [1.29, 1.82) is 0 Å². The van der Waals surface area contributed by atoms with Crippen molar-refractivity contribution in [3.8, 4) is 23.5 Å². The topological polar surface area (TPSA) is 98.7 Å². The lowest BCUT2D eigenvalue weighted by Crippen LogP contribution is -2.48. The third kappa shape index (κ3) is 4.87. The minimum absolute atomic E-state index is 0.170. The Labute approximate surface area is 208 Å². The Kier molecular flexibility index (Phi) is 7.08. The van der Waals surface area contributed by atoms with Crippen LogP contribution < -0.4 is 9.47 Å². The smallest absolute Gasteiger partial charge is 0.274 e. The number of halogens is 1. The van der Waals surface area contributed by atoms with E-state index in [9.17, 15) is 14.4 Å². The molecular formula is C26H26ClN3O5. The Hall–Kier alpha value is -3.44. The first-order valence-electron chi connectivity index (χ1n) is 11.3. The van der Waals surface area contributed by atoms with Crippen LogP contribution in [0.15, 0.2) is 24.3 Å². The van der Waals surface area contributed by atoms with Gasteiger partial charge in [0.2, 0.25) is 5.88 Å². The van der Waals surface area contributed by atoms with E-state index in [-0.39, 0.29) is 36.0 Å². The number of benzene rings is 1. The van der Waals surface area contributed by atoms with Gasteiger partial charge in [0, 0.05) is 48.1 Å². The number of amides is 1. The maximum atomic E-state index is 13.3. The van der Waals surface area contributed by atoms with Crippen molar-refractivity contribution in [2.45, 2.75) is 38.5 Å². The van der Waals surface area contributed by atoms with E-state index in [1.165, 1.54) is 14.2 Å². The van der Waals surface area contributed by atoms with Gasteiger partial charge in [-0.3, -0.25) is 14.4 Å². The predicted molar refractivity (Wildman–Crippen MR) is 129 cm³/mol. The summed E-state index contributed by atoms with van der Waals surface area (Å²) >= 11 is 6.51. The number of hydrogen-bond donors (Lipinski definition) is 0. The van der Waals surface area contributed by atoms with E-state index < -0.39 is 11.3 Å². The lowest BCUT2D eigenvalue weighted by atomic mass is 9.63. The standard InChI is InChI=1S/C26H26ClN3O5/c1-4-5-16-12-17(27)23(21(13-16)34-2)24-19(31)14-26(15-20(24)32)8-10-30(11-9-26)25(33)18-6-7-22(35-3)29-28-18/h6-7,12-13,24H,8-11,14-15H2,1-3H3. The molecule has 2 aromatic rings. The highest BCUT2D eigenvalue weighted by atomic mass is 35.5. The van der Waals surface area contributed by atoms with E-state index in [0.29, 0.717) is 53.7 Å². The van der Waals surface area contributed by atoms with Crippen LogP contribution in [0.5, 0.6) is 11.6 Å². The SMILES string of the molecule is CC#Cc1cc(Cl)c(C2C(=O)CC3(CCN(C(=O)c4ccc(OC)nn4)CC3)CC2=O)c(OC)c1. The molecule has 9 heteroatoms. The zero-order valence-corrected chi connectivity index (χ0v) is 20.6. The third-order valence-electron chi connectivity index (χ3n) is 6.79. The molecule has 0 atom stereocenters. The number of nitrogens with zero attached hydrogens (tertiary/aromatic N) is 3. The van der Waals surface area contributed by atoms with Gasteiger partial charge in [-0.25, -0.2) is 0 Å². The fourth-order valence-corrected chi connectivity index (χ4v) is 5.33. The van der Waals surface area contributed by atoms with Crippen LogP contribution in [-0.2, 0) is 9.59 Å². The Morgan fingerprint density at radius 3 is 2.31 bits per heavy atom. The molecule has 0 N–H and O–H groups in total. The number of carbonyl (C=O) groups is 3. The summed E-state index contributed by atoms with van der Waals surface area (Å²) in [6, 6.07) is 6.53. The van der Waals surface area contributed by atoms with Gasteiger partial charge in [-0.2, -0.15) is 0 Å². The highest BCUT2D eigenvalue weighted by Crippen LogP contribution is 2.48. The van der Waals surface area contributed by atoms with E-state index in [0.717, 1.165) is 0 Å². The number of Topliss-reactive ketones (excluding diaryl/α,β-unsaturated/α-hetero) is 2. The summed E-state index contributed by atoms with van der Waals surface area (Å²) in [5, 5.41) is 8.08. The lowest BCUT2D eigenvalue weighted by Gasteiger charge is -2.44. The summed E-state index contributed by atoms with van der Waals surface area (Å²) in [5.74, 6) is 4.92. The number of ether oxygens (including phenoxy) is 2. The fourth-order valence-electron chi connectivity index (χ4n) is 5.01. The van der Waals surface area contributed by atoms with Crippen LogP contribution in [0.25, 0.3) is 0 Å². The first-order valence-corrected chi connectivity index (χ1v) is 11.7. The van der Waals surface area contributed by atoms with Crippen molar-refractivity contribution < 1.29 is 23.9 Å². The van der Waals surface area contributed by atoms with Crippen molar-refractivity contribution >= 4 is 29.1 Å². The van der Waals surface area contributed by atoms with Crippen molar-refractivity contribution in [3.63, 3.8) is 0 Å². The molecule has 1 aliphatic heterocycles. The van der Waals surface area contributed by atoms with E-state index in [1.54, 1.807) is 36.1 Å². The van der Waals surface area contributed by atoms with Gasteiger partial charge in [0.15, 0.2) is 5.69 Å². The molecule has 0 unspecified atom stereocenters. The monoisotopic (exact) mass is 495 g/mol. The van der Waals surface area contributed by atoms with Crippen molar-refractivity contribution in [2.75, 3.05) is 27.3 Å². The molecule has 4 rings (SSSR count). The Bertz CT molecular complexity index is 1200. The average molecular weight is 496 g/mol. The molecule has 1 saturated carbocycles. The number of aromatic nitrogens is 2. The van der Waals surface area contributed by atoms with Crippen LogP contribution in [0.2, 0.25) is 5.02 Å². The highest BCUT2D eigenvalue weighted by molar-refractivity contribution is 6.32. The van der Waals surface area contributed by atoms with Crippen LogP contribution in [0.1, 0.15) is 60.1 Å². The molecule has 2 aliphatic rings. The highest BCUT2D eigenvalue weighted by Gasteiger charge is 2.48. The molecule has 1 aromatic heterocycles. The molecule has 1 spiro atoms. The second-order valence-electron chi connectivity index (χ2n) is 8.92. The maximum absolute atomic E-state index is 13.3. The molecule has 1 saturated heterocycles. The number of likely N-dealkylation sites (tertiary alicyclic amines) is 1. The predicted octanol–water partition coefficient (Wildman–Crippen LogP) is 3.46. The summed E-state index contributed by atoms with van der Waals surface area (Å²) in [7, 11) is 2.96. The number of piperidine rings is 1. The van der Waals surface area contributed by atoms with Crippen molar-refractivity contribution in [3.05, 3.63) is 46.1 Å². The van der Waals surface area contributed by atoms with Gasteiger partial charge in [0.05, 0.1) is 14.2 Å². The van der Waals surface area contributed by atoms with Crippen LogP contribution in [0.3, 0.4) is 0 Å². The summed E-state index contributed by atoms with van der Waals surface area (Å²) in [5.41, 5.74) is 0.839. The van der Waals surface area contributed by atoms with Gasteiger partial charge >= 0.3 is 0 Å². The molecular weight excluding hydrogens is 470 g/mol. The Balaban J connectivity index is 1.49. The molecule has 35 heavy (non-hydrogen) atoms.